The smallest absolute Gasteiger partial charge is 0.310 e. The van der Waals surface area contributed by atoms with E-state index in [-0.39, 0.29) is 58.3 Å². The van der Waals surface area contributed by atoms with Crippen LogP contribution in [0.4, 0.5) is 34.4 Å². The van der Waals surface area contributed by atoms with Crippen molar-refractivity contribution < 1.29 is 34.8 Å². The topological polar surface area (TPSA) is 126 Å². The second-order valence-corrected chi connectivity index (χ2v) is 10.7. The molecule has 0 atom stereocenters. The molecule has 12 nitrogen and oxygen atoms in total. The normalized spacial score (nSPS) is 18.3. The Morgan fingerprint density at radius 3 is 1.55 bits per heavy atom. The Hall–Kier alpha value is -2.43. The number of nitrogen functional groups attached to an aromatic ring is 1. The number of anilines is 5. The molecule has 4 aliphatic rings. The summed E-state index contributed by atoms with van der Waals surface area (Å²) in [7, 11) is 0. The molecule has 0 spiro atoms. The number of rotatable bonds is 5. The predicted molar refractivity (Wildman–Crippen MR) is 178 cm³/mol. The van der Waals surface area contributed by atoms with Gasteiger partial charge in [0.15, 0.2) is 0 Å². The van der Waals surface area contributed by atoms with Crippen LogP contribution in [-0.2, 0) is 29.9 Å². The molecule has 0 amide bonds. The number of hydrogen-bond donors (Lipinski definition) is 1. The molecule has 2 aromatic heterocycles. The van der Waals surface area contributed by atoms with E-state index >= 15 is 0 Å². The number of ether oxygens (including phenoxy) is 2. The molecule has 6 heterocycles. The van der Waals surface area contributed by atoms with Gasteiger partial charge in [0.2, 0.25) is 0 Å². The average Bonchev–Trinajstić information content (AvgIpc) is 3.03. The molecular formula is C30H50ClN8O4Pd-. The van der Waals surface area contributed by atoms with Crippen LogP contribution in [0.15, 0.2) is 24.5 Å². The van der Waals surface area contributed by atoms with Crippen LogP contribution in [0.2, 0.25) is 0 Å². The molecule has 0 saturated carbocycles. The number of hydrogen-bond acceptors (Lipinski definition) is 11. The van der Waals surface area contributed by atoms with Gasteiger partial charge in [-0.2, -0.15) is 0 Å². The molecule has 252 valence electrons. The largest absolute Gasteiger partial charge is 0.396 e. The van der Waals surface area contributed by atoms with Gasteiger partial charge in [-0.15, -0.1) is 12.4 Å². The van der Waals surface area contributed by atoms with E-state index in [0.29, 0.717) is 18.9 Å². The molecule has 4 aliphatic heterocycles. The molecule has 6 rings (SSSR count). The quantitative estimate of drug-likeness (QED) is 0.197. The maximum Gasteiger partial charge on any atom is 0.310 e. The summed E-state index contributed by atoms with van der Waals surface area (Å²) < 4.78 is 10.7. The molecular weight excluding hydrogens is 678 g/mol. The van der Waals surface area contributed by atoms with Crippen LogP contribution in [0.25, 0.3) is 0 Å². The molecule has 0 radical (unpaired) electrons. The van der Waals surface area contributed by atoms with Gasteiger partial charge in [0.1, 0.15) is 23.5 Å². The van der Waals surface area contributed by atoms with Crippen molar-refractivity contribution in [3.63, 3.8) is 0 Å². The minimum atomic E-state index is -0.333. The van der Waals surface area contributed by atoms with E-state index in [1.165, 1.54) is 31.9 Å². The molecule has 2 aromatic rings. The van der Waals surface area contributed by atoms with Crippen LogP contribution < -0.4 is 25.3 Å². The van der Waals surface area contributed by atoms with Gasteiger partial charge in [-0.05, 0) is 38.5 Å². The van der Waals surface area contributed by atoms with Crippen LogP contribution in [-0.4, -0.2) is 93.7 Å². The zero-order valence-corrected chi connectivity index (χ0v) is 27.5. The Morgan fingerprint density at radius 1 is 0.682 bits per heavy atom. The number of halogens is 1. The van der Waals surface area contributed by atoms with Crippen molar-refractivity contribution in [2.45, 2.75) is 46.0 Å². The average molecular weight is 729 g/mol. The summed E-state index contributed by atoms with van der Waals surface area (Å²) in [5, 5.41) is 11.3. The van der Waals surface area contributed by atoms with Crippen molar-refractivity contribution in [1.29, 1.82) is 0 Å². The van der Waals surface area contributed by atoms with E-state index in [0.717, 1.165) is 101 Å². The van der Waals surface area contributed by atoms with Crippen molar-refractivity contribution in [1.82, 2.24) is 9.97 Å². The van der Waals surface area contributed by atoms with Crippen molar-refractivity contribution in [3.05, 3.63) is 42.1 Å². The first-order chi connectivity index (χ1) is 19.6. The first-order valence-corrected chi connectivity index (χ1v) is 14.7. The second-order valence-electron chi connectivity index (χ2n) is 10.7. The van der Waals surface area contributed by atoms with E-state index in [9.17, 15) is 10.1 Å². The van der Waals surface area contributed by atoms with E-state index in [4.69, 9.17) is 15.2 Å². The number of piperidine rings is 2. The molecule has 0 aliphatic carbocycles. The molecule has 44 heavy (non-hydrogen) atoms. The predicted octanol–water partition coefficient (Wildman–Crippen LogP) is 4.81. The van der Waals surface area contributed by atoms with Crippen molar-refractivity contribution in [3.8, 4) is 0 Å². The summed E-state index contributed by atoms with van der Waals surface area (Å²) in [5.74, 6) is 1.84. The number of nitrogens with two attached hydrogens (primary N) is 1. The van der Waals surface area contributed by atoms with E-state index < -0.39 is 0 Å². The summed E-state index contributed by atoms with van der Waals surface area (Å²) in [5.41, 5.74) is 8.85. The third-order valence-corrected chi connectivity index (χ3v) is 8.01. The summed E-state index contributed by atoms with van der Waals surface area (Å²) in [4.78, 5) is 28.6. The molecule has 4 fully saturated rings. The van der Waals surface area contributed by atoms with Gasteiger partial charge in [-0.1, -0.05) is 7.43 Å². The fraction of sp³-hybridized carbons (Fsp3) is 0.633. The van der Waals surface area contributed by atoms with Gasteiger partial charge < -0.3 is 42.2 Å². The maximum atomic E-state index is 11.3. The Balaban J connectivity index is 0.000000405. The van der Waals surface area contributed by atoms with Crippen LogP contribution in [0.3, 0.4) is 0 Å². The zero-order chi connectivity index (χ0) is 27.7. The first kappa shape index (κ1) is 39.6. The van der Waals surface area contributed by atoms with Gasteiger partial charge in [0.05, 0.1) is 48.9 Å². The number of aromatic nitrogens is 2. The van der Waals surface area contributed by atoms with Gasteiger partial charge in [-0.25, -0.2) is 9.97 Å². The Bertz CT molecular complexity index is 1130. The van der Waals surface area contributed by atoms with Crippen molar-refractivity contribution in [2.75, 3.05) is 104 Å². The SMILES string of the molecule is C.Cl.Nc1cnc(N2CCOCC2)cc1N1CCCCC1.O=[N+]([O-])c1cnc(N2CCOCC2)cc1N1CCCCC1.[CH3-].[Pd]. The third kappa shape index (κ3) is 10.3. The summed E-state index contributed by atoms with van der Waals surface area (Å²) in [6, 6.07) is 4.01. The third-order valence-electron chi connectivity index (χ3n) is 8.01. The van der Waals surface area contributed by atoms with Crippen LogP contribution in [0, 0.1) is 17.5 Å². The van der Waals surface area contributed by atoms with Gasteiger partial charge >= 0.3 is 5.69 Å². The first-order valence-electron chi connectivity index (χ1n) is 14.7. The molecule has 4 saturated heterocycles. The summed E-state index contributed by atoms with van der Waals surface area (Å²) in [6.45, 7) is 10.3. The molecule has 2 N–H and O–H groups in total. The Labute approximate surface area is 282 Å². The number of morpholine rings is 2. The Morgan fingerprint density at radius 2 is 1.09 bits per heavy atom. The molecule has 0 aromatic carbocycles. The second kappa shape index (κ2) is 19.9. The fourth-order valence-electron chi connectivity index (χ4n) is 5.74. The Kier molecular flexibility index (Phi) is 17.9. The number of nitrogens with zero attached hydrogens (tertiary/aromatic N) is 7. The van der Waals surface area contributed by atoms with Gasteiger partial charge in [0.25, 0.3) is 0 Å². The van der Waals surface area contributed by atoms with Crippen LogP contribution in [0.1, 0.15) is 46.0 Å². The maximum absolute atomic E-state index is 11.3. The monoisotopic (exact) mass is 727 g/mol. The minimum Gasteiger partial charge on any atom is -0.396 e. The number of pyridine rings is 2. The summed E-state index contributed by atoms with van der Waals surface area (Å²) in [6.07, 6.45) is 10.4. The van der Waals surface area contributed by atoms with Gasteiger partial charge in [0, 0.05) is 84.9 Å². The van der Waals surface area contributed by atoms with Crippen LogP contribution >= 0.6 is 12.4 Å². The van der Waals surface area contributed by atoms with Gasteiger partial charge in [-0.3, -0.25) is 10.1 Å². The van der Waals surface area contributed by atoms with E-state index in [1.54, 1.807) is 6.20 Å². The minimum absolute atomic E-state index is 0. The van der Waals surface area contributed by atoms with Crippen LogP contribution in [0.5, 0.6) is 0 Å². The summed E-state index contributed by atoms with van der Waals surface area (Å²) >= 11 is 0. The van der Waals surface area contributed by atoms with E-state index in [2.05, 4.69) is 35.6 Å². The molecule has 0 bridgehead atoms. The van der Waals surface area contributed by atoms with E-state index in [1.807, 2.05) is 6.07 Å². The number of nitro groups is 1. The molecule has 14 heteroatoms. The standard InChI is InChI=1S/C14H20N4O3.C14H22N4O.CH4.CH3.ClH.Pd/c19-18(20)13-11-15-14(17-6-8-21-9-7-17)10-12(13)16-4-2-1-3-5-16;15-12-11-16-14(18-6-8-19-9-7-18)10-13(12)17-4-2-1-3-5-17;;;;/h10-11H,1-9H2;10-11H,1-9,15H2;1H4;1H3;1H;/q;;;-1;;. The zero-order valence-electron chi connectivity index (χ0n) is 25.1. The fourth-order valence-corrected chi connectivity index (χ4v) is 5.74. The molecule has 0 unspecified atom stereocenters. The van der Waals surface area contributed by atoms with Crippen molar-refractivity contribution >= 4 is 46.8 Å². The van der Waals surface area contributed by atoms with Crippen molar-refractivity contribution in [2.24, 2.45) is 0 Å².